The number of nitrogens with one attached hydrogen (secondary N) is 1. The first kappa shape index (κ1) is 13.8. The summed E-state index contributed by atoms with van der Waals surface area (Å²) in [6.45, 7) is 5.29. The second-order valence-corrected chi connectivity index (χ2v) is 3.86. The van der Waals surface area contributed by atoms with Crippen LogP contribution in [0.3, 0.4) is 0 Å². The van der Waals surface area contributed by atoms with Crippen molar-refractivity contribution >= 4 is 0 Å². The van der Waals surface area contributed by atoms with E-state index in [1.807, 2.05) is 20.9 Å². The summed E-state index contributed by atoms with van der Waals surface area (Å²) in [5, 5.41) is 12.2. The Kier molecular flexibility index (Phi) is 7.09. The van der Waals surface area contributed by atoms with Crippen LogP contribution in [0.15, 0.2) is 0 Å². The molecular weight excluding hydrogens is 182 g/mol. The third-order valence-corrected chi connectivity index (χ3v) is 2.41. The molecule has 0 aromatic heterocycles. The monoisotopic (exact) mass is 205 g/mol. The van der Waals surface area contributed by atoms with Crippen LogP contribution in [0.4, 0.5) is 0 Å². The van der Waals surface area contributed by atoms with Gasteiger partial charge in [0.25, 0.3) is 0 Å². The van der Waals surface area contributed by atoms with Crippen molar-refractivity contribution in [2.75, 3.05) is 34.0 Å². The summed E-state index contributed by atoms with van der Waals surface area (Å²) >= 11 is 0. The van der Waals surface area contributed by atoms with E-state index in [9.17, 15) is 0 Å². The van der Waals surface area contributed by atoms with Gasteiger partial charge in [-0.1, -0.05) is 0 Å². The van der Waals surface area contributed by atoms with E-state index in [0.29, 0.717) is 13.2 Å². The van der Waals surface area contributed by atoms with Gasteiger partial charge in [0.15, 0.2) is 0 Å². The predicted octanol–water partition coefficient (Wildman–Crippen LogP) is 0.398. The van der Waals surface area contributed by atoms with Crippen molar-refractivity contribution in [2.45, 2.75) is 31.9 Å². The number of aliphatic hydroxyl groups is 1. The Morgan fingerprint density at radius 1 is 1.50 bits per heavy atom. The Balaban J connectivity index is 3.61. The van der Waals surface area contributed by atoms with Crippen molar-refractivity contribution in [1.29, 1.82) is 0 Å². The molecule has 2 atom stereocenters. The minimum atomic E-state index is -0.243. The van der Waals surface area contributed by atoms with E-state index in [-0.39, 0.29) is 18.2 Å². The van der Waals surface area contributed by atoms with Crippen LogP contribution < -0.4 is 5.32 Å². The second-order valence-electron chi connectivity index (χ2n) is 3.86. The van der Waals surface area contributed by atoms with Crippen LogP contribution in [0.1, 0.15) is 20.3 Å². The predicted molar refractivity (Wildman–Crippen MR) is 56.5 cm³/mol. The Bertz CT molecular complexity index is 137. The lowest BCUT2D eigenvalue weighted by molar-refractivity contribution is -0.00240. The van der Waals surface area contributed by atoms with E-state index in [0.717, 1.165) is 6.42 Å². The molecular formula is C10H23NO3. The lowest BCUT2D eigenvalue weighted by atomic mass is 10.0. The third-order valence-electron chi connectivity index (χ3n) is 2.41. The topological polar surface area (TPSA) is 50.7 Å². The summed E-state index contributed by atoms with van der Waals surface area (Å²) in [6, 6.07) is 0. The molecule has 0 heterocycles. The molecule has 0 aliphatic heterocycles. The average molecular weight is 205 g/mol. The molecule has 4 nitrogen and oxygen atoms in total. The molecule has 86 valence electrons. The largest absolute Gasteiger partial charge is 0.394 e. The Morgan fingerprint density at radius 2 is 2.14 bits per heavy atom. The fourth-order valence-electron chi connectivity index (χ4n) is 1.05. The molecule has 0 spiro atoms. The number of ether oxygens (including phenoxy) is 2. The van der Waals surface area contributed by atoms with Crippen molar-refractivity contribution in [3.8, 4) is 0 Å². The fraction of sp³-hybridized carbons (Fsp3) is 1.00. The van der Waals surface area contributed by atoms with Crippen molar-refractivity contribution in [1.82, 2.24) is 5.32 Å². The maximum Gasteiger partial charge on any atom is 0.0780 e. The molecule has 0 amide bonds. The van der Waals surface area contributed by atoms with Gasteiger partial charge in [-0.25, -0.2) is 0 Å². The smallest absolute Gasteiger partial charge is 0.0780 e. The second kappa shape index (κ2) is 7.17. The summed E-state index contributed by atoms with van der Waals surface area (Å²) in [4.78, 5) is 0. The Morgan fingerprint density at radius 3 is 2.57 bits per heavy atom. The highest BCUT2D eigenvalue weighted by Gasteiger charge is 2.20. The third kappa shape index (κ3) is 5.54. The van der Waals surface area contributed by atoms with Gasteiger partial charge in [0.1, 0.15) is 0 Å². The van der Waals surface area contributed by atoms with Gasteiger partial charge in [-0.05, 0) is 27.3 Å². The zero-order valence-corrected chi connectivity index (χ0v) is 9.67. The molecule has 2 N–H and O–H groups in total. The summed E-state index contributed by atoms with van der Waals surface area (Å²) < 4.78 is 10.5. The van der Waals surface area contributed by atoms with Gasteiger partial charge in [0, 0.05) is 19.3 Å². The van der Waals surface area contributed by atoms with Crippen LogP contribution >= 0.6 is 0 Å². The van der Waals surface area contributed by atoms with Gasteiger partial charge >= 0.3 is 0 Å². The number of aliphatic hydroxyl groups excluding tert-OH is 1. The molecule has 0 fully saturated rings. The number of rotatable bonds is 8. The summed E-state index contributed by atoms with van der Waals surface area (Å²) in [7, 11) is 3.50. The molecule has 0 bridgehead atoms. The zero-order valence-electron chi connectivity index (χ0n) is 9.67. The van der Waals surface area contributed by atoms with Crippen molar-refractivity contribution in [3.63, 3.8) is 0 Å². The maximum absolute atomic E-state index is 9.11. The average Bonchev–Trinajstić information content (AvgIpc) is 2.18. The van der Waals surface area contributed by atoms with Crippen molar-refractivity contribution in [2.24, 2.45) is 0 Å². The first-order valence-corrected chi connectivity index (χ1v) is 4.98. The number of likely N-dealkylation sites (N-methyl/N-ethyl adjacent to an activating group) is 1. The first-order chi connectivity index (χ1) is 6.58. The van der Waals surface area contributed by atoms with Crippen LogP contribution in [0, 0.1) is 0 Å². The van der Waals surface area contributed by atoms with Crippen molar-refractivity contribution < 1.29 is 14.6 Å². The molecule has 4 heteroatoms. The molecule has 0 rings (SSSR count). The summed E-state index contributed by atoms with van der Waals surface area (Å²) in [5.41, 5.74) is -0.243. The van der Waals surface area contributed by atoms with Gasteiger partial charge in [-0.2, -0.15) is 0 Å². The molecule has 0 aliphatic rings. The number of hydrogen-bond donors (Lipinski definition) is 2. The lowest BCUT2D eigenvalue weighted by Crippen LogP contribution is -2.44. The zero-order chi connectivity index (χ0) is 11.0. The lowest BCUT2D eigenvalue weighted by Gasteiger charge is -2.27. The van der Waals surface area contributed by atoms with Gasteiger partial charge in [-0.3, -0.25) is 0 Å². The minimum absolute atomic E-state index is 0.111. The van der Waals surface area contributed by atoms with E-state index in [1.165, 1.54) is 0 Å². The van der Waals surface area contributed by atoms with Gasteiger partial charge in [0.05, 0.1) is 19.3 Å². The van der Waals surface area contributed by atoms with E-state index < -0.39 is 0 Å². The number of methoxy groups -OCH3 is 1. The highest BCUT2D eigenvalue weighted by Crippen LogP contribution is 2.08. The first-order valence-electron chi connectivity index (χ1n) is 4.98. The minimum Gasteiger partial charge on any atom is -0.394 e. The molecule has 0 radical (unpaired) electrons. The van der Waals surface area contributed by atoms with Crippen molar-refractivity contribution in [3.05, 3.63) is 0 Å². The van der Waals surface area contributed by atoms with Crippen LogP contribution in [-0.2, 0) is 9.47 Å². The molecule has 0 aliphatic carbocycles. The molecule has 14 heavy (non-hydrogen) atoms. The Hall–Kier alpha value is -0.160. The van der Waals surface area contributed by atoms with Gasteiger partial charge in [0.2, 0.25) is 0 Å². The van der Waals surface area contributed by atoms with Crippen LogP contribution in [0.2, 0.25) is 0 Å². The molecule has 2 unspecified atom stereocenters. The summed E-state index contributed by atoms with van der Waals surface area (Å²) in [6.07, 6.45) is 0.897. The normalized spacial score (nSPS) is 17.8. The van der Waals surface area contributed by atoms with E-state index >= 15 is 0 Å². The van der Waals surface area contributed by atoms with Crippen LogP contribution in [0.5, 0.6) is 0 Å². The van der Waals surface area contributed by atoms with Gasteiger partial charge < -0.3 is 19.9 Å². The summed E-state index contributed by atoms with van der Waals surface area (Å²) in [5.74, 6) is 0. The van der Waals surface area contributed by atoms with Gasteiger partial charge in [-0.15, -0.1) is 0 Å². The Labute approximate surface area is 86.6 Å². The molecule has 0 saturated heterocycles. The SMILES string of the molecule is CNC(C)(CO)CCOC(C)COC. The fourth-order valence-corrected chi connectivity index (χ4v) is 1.05. The standard InChI is InChI=1S/C10H23NO3/c1-9(7-13-4)14-6-5-10(2,8-12)11-3/h9,11-12H,5-8H2,1-4H3. The molecule has 0 saturated carbocycles. The van der Waals surface area contributed by atoms with E-state index in [1.54, 1.807) is 7.11 Å². The molecule has 0 aromatic carbocycles. The van der Waals surface area contributed by atoms with Crippen LogP contribution in [0.25, 0.3) is 0 Å². The highest BCUT2D eigenvalue weighted by molar-refractivity contribution is 4.79. The van der Waals surface area contributed by atoms with E-state index in [2.05, 4.69) is 5.32 Å². The number of hydrogen-bond acceptors (Lipinski definition) is 4. The van der Waals surface area contributed by atoms with Crippen LogP contribution in [-0.4, -0.2) is 50.7 Å². The molecule has 0 aromatic rings. The maximum atomic E-state index is 9.11. The van der Waals surface area contributed by atoms with E-state index in [4.69, 9.17) is 14.6 Å². The highest BCUT2D eigenvalue weighted by atomic mass is 16.5. The quantitative estimate of drug-likeness (QED) is 0.602.